The fourth-order valence-electron chi connectivity index (χ4n) is 3.75. The Morgan fingerprint density at radius 3 is 2.36 bits per heavy atom. The summed E-state index contributed by atoms with van der Waals surface area (Å²) in [6.45, 7) is 3.07. The second-order valence-electron chi connectivity index (χ2n) is 8.07. The molecule has 36 heavy (non-hydrogen) atoms. The van der Waals surface area contributed by atoms with Crippen LogP contribution in [0.2, 0.25) is 5.02 Å². The zero-order chi connectivity index (χ0) is 26.0. The van der Waals surface area contributed by atoms with Crippen molar-refractivity contribution >= 4 is 40.1 Å². The van der Waals surface area contributed by atoms with Crippen LogP contribution in [0.1, 0.15) is 28.4 Å². The van der Waals surface area contributed by atoms with Crippen LogP contribution in [0.25, 0.3) is 22.2 Å². The Labute approximate surface area is 209 Å². The average Bonchev–Trinajstić information content (AvgIpc) is 2.84. The molecule has 4 rings (SSSR count). The first-order chi connectivity index (χ1) is 17.1. The van der Waals surface area contributed by atoms with Crippen LogP contribution in [0.5, 0.6) is 0 Å². The number of hydrogen-bond acceptors (Lipinski definition) is 4. The molecule has 184 valence electrons. The normalized spacial score (nSPS) is 12.3. The number of hydrogen-bond donors (Lipinski definition) is 1. The van der Waals surface area contributed by atoms with Crippen LogP contribution in [0.15, 0.2) is 72.8 Å². The molecule has 0 saturated carbocycles. The number of anilines is 1. The molecule has 9 heteroatoms. The summed E-state index contributed by atoms with van der Waals surface area (Å²) in [5, 5.41) is 2.77. The molecule has 0 aliphatic carbocycles. The van der Waals surface area contributed by atoms with Gasteiger partial charge in [-0.15, -0.1) is 0 Å². The van der Waals surface area contributed by atoms with E-state index in [-0.39, 0.29) is 16.3 Å². The molecule has 5 nitrogen and oxygen atoms in total. The van der Waals surface area contributed by atoms with Crippen molar-refractivity contribution in [2.24, 2.45) is 0 Å². The van der Waals surface area contributed by atoms with Crippen LogP contribution in [-0.4, -0.2) is 23.0 Å². The van der Waals surface area contributed by atoms with E-state index in [1.807, 2.05) is 30.3 Å². The molecular weight excluding hydrogens is 493 g/mol. The molecule has 0 spiro atoms. The summed E-state index contributed by atoms with van der Waals surface area (Å²) >= 11 is 5.96. The third-order valence-corrected chi connectivity index (χ3v) is 5.92. The summed E-state index contributed by atoms with van der Waals surface area (Å²) in [6, 6.07) is 18.9. The van der Waals surface area contributed by atoms with Gasteiger partial charge in [0, 0.05) is 10.9 Å². The maximum Gasteiger partial charge on any atom is 0.416 e. The predicted molar refractivity (Wildman–Crippen MR) is 132 cm³/mol. The molecule has 1 unspecified atom stereocenters. The fourth-order valence-corrected chi connectivity index (χ4v) is 3.92. The predicted octanol–water partition coefficient (Wildman–Crippen LogP) is 7.07. The molecule has 0 aliphatic rings. The van der Waals surface area contributed by atoms with E-state index in [4.69, 9.17) is 21.3 Å². The second-order valence-corrected chi connectivity index (χ2v) is 8.48. The molecule has 0 bridgehead atoms. The quantitative estimate of drug-likeness (QED) is 0.290. The van der Waals surface area contributed by atoms with E-state index >= 15 is 0 Å². The van der Waals surface area contributed by atoms with Crippen LogP contribution >= 0.6 is 11.6 Å². The molecule has 0 aliphatic heterocycles. The Bertz CT molecular complexity index is 1460. The lowest BCUT2D eigenvalue weighted by Gasteiger charge is -2.18. The highest BCUT2D eigenvalue weighted by Crippen LogP contribution is 2.34. The third kappa shape index (κ3) is 5.18. The van der Waals surface area contributed by atoms with Gasteiger partial charge in [0.1, 0.15) is 0 Å². The van der Waals surface area contributed by atoms with Crippen molar-refractivity contribution in [1.82, 2.24) is 4.98 Å². The topological polar surface area (TPSA) is 68.3 Å². The van der Waals surface area contributed by atoms with Crippen molar-refractivity contribution in [1.29, 1.82) is 0 Å². The van der Waals surface area contributed by atoms with Crippen LogP contribution in [-0.2, 0) is 15.7 Å². The number of nitrogens with zero attached hydrogens (tertiary/aromatic N) is 1. The van der Waals surface area contributed by atoms with Crippen molar-refractivity contribution in [2.45, 2.75) is 26.1 Å². The van der Waals surface area contributed by atoms with Gasteiger partial charge in [0.05, 0.1) is 33.0 Å². The molecule has 1 N–H and O–H groups in total. The molecule has 1 heterocycles. The van der Waals surface area contributed by atoms with Gasteiger partial charge in [-0.1, -0.05) is 60.1 Å². The Kier molecular flexibility index (Phi) is 6.99. The van der Waals surface area contributed by atoms with Crippen molar-refractivity contribution in [3.8, 4) is 11.3 Å². The molecule has 0 saturated heterocycles. The number of rotatable bonds is 5. The summed E-state index contributed by atoms with van der Waals surface area (Å²) in [5.41, 5.74) is 1.57. The first kappa shape index (κ1) is 25.2. The lowest BCUT2D eigenvalue weighted by molar-refractivity contribution is -0.137. The van der Waals surface area contributed by atoms with E-state index in [9.17, 15) is 22.8 Å². The number of nitrogens with one attached hydrogen (secondary N) is 1. The molecule has 4 aromatic rings. The van der Waals surface area contributed by atoms with Crippen molar-refractivity contribution in [2.75, 3.05) is 5.32 Å². The van der Waals surface area contributed by atoms with Crippen LogP contribution < -0.4 is 5.32 Å². The largest absolute Gasteiger partial charge is 0.449 e. The van der Waals surface area contributed by atoms with Gasteiger partial charge in [0.2, 0.25) is 0 Å². The number of amides is 1. The Hall–Kier alpha value is -3.91. The number of halogens is 4. The zero-order valence-corrected chi connectivity index (χ0v) is 19.9. The number of fused-ring (bicyclic) bond motifs is 1. The van der Waals surface area contributed by atoms with Gasteiger partial charge < -0.3 is 10.1 Å². The van der Waals surface area contributed by atoms with Gasteiger partial charge in [-0.05, 0) is 43.7 Å². The summed E-state index contributed by atoms with van der Waals surface area (Å²) in [7, 11) is 0. The van der Waals surface area contributed by atoms with E-state index in [0.717, 1.165) is 23.8 Å². The molecule has 0 radical (unpaired) electrons. The Morgan fingerprint density at radius 2 is 1.67 bits per heavy atom. The average molecular weight is 513 g/mol. The minimum Gasteiger partial charge on any atom is -0.449 e. The summed E-state index contributed by atoms with van der Waals surface area (Å²) < 4.78 is 44.6. The smallest absolute Gasteiger partial charge is 0.416 e. The van der Waals surface area contributed by atoms with Crippen LogP contribution in [0, 0.1) is 6.92 Å². The lowest BCUT2D eigenvalue weighted by atomic mass is 9.98. The zero-order valence-electron chi connectivity index (χ0n) is 19.2. The number of carbonyl (C=O) groups is 2. The van der Waals surface area contributed by atoms with E-state index in [1.165, 1.54) is 6.92 Å². The highest BCUT2D eigenvalue weighted by molar-refractivity contribution is 6.33. The number of para-hydroxylation sites is 1. The van der Waals surface area contributed by atoms with E-state index in [2.05, 4.69) is 5.32 Å². The molecule has 0 fully saturated rings. The van der Waals surface area contributed by atoms with Gasteiger partial charge >= 0.3 is 12.1 Å². The Balaban J connectivity index is 1.63. The number of benzene rings is 3. The summed E-state index contributed by atoms with van der Waals surface area (Å²) in [6.07, 6.45) is -5.94. The summed E-state index contributed by atoms with van der Waals surface area (Å²) in [5.74, 6) is -1.59. The maximum absolute atomic E-state index is 13.3. The molecule has 3 aromatic carbocycles. The minimum atomic E-state index is -4.61. The first-order valence-electron chi connectivity index (χ1n) is 10.9. The monoisotopic (exact) mass is 512 g/mol. The van der Waals surface area contributed by atoms with Crippen molar-refractivity contribution in [3.63, 3.8) is 0 Å². The maximum atomic E-state index is 13.3. The number of aromatic nitrogens is 1. The molecular formula is C27H20ClF3N2O3. The van der Waals surface area contributed by atoms with Crippen molar-refractivity contribution in [3.05, 3.63) is 94.5 Å². The van der Waals surface area contributed by atoms with Gasteiger partial charge in [-0.2, -0.15) is 13.2 Å². The minimum absolute atomic E-state index is 0.0849. The standard InChI is InChI=1S/C27H20ClF3N2O3/c1-15-23(19-10-6-7-11-21(19)32-24(15)17-8-4-3-5-9-17)26(35)36-16(2)25(34)33-22-14-18(27(29,30)31)12-13-20(22)28/h3-14,16H,1-2H3,(H,33,34). The number of ether oxygens (including phenoxy) is 1. The van der Waals surface area contributed by atoms with Gasteiger partial charge in [-0.3, -0.25) is 4.79 Å². The molecule has 1 aromatic heterocycles. The fraction of sp³-hybridized carbons (Fsp3) is 0.148. The Morgan fingerprint density at radius 1 is 1.00 bits per heavy atom. The van der Waals surface area contributed by atoms with E-state index in [0.29, 0.717) is 22.2 Å². The van der Waals surface area contributed by atoms with E-state index in [1.54, 1.807) is 31.2 Å². The van der Waals surface area contributed by atoms with Gasteiger partial charge in [0.15, 0.2) is 6.10 Å². The first-order valence-corrected chi connectivity index (χ1v) is 11.3. The molecule has 1 amide bonds. The highest BCUT2D eigenvalue weighted by Gasteiger charge is 2.31. The SMILES string of the molecule is Cc1c(-c2ccccc2)nc2ccccc2c1C(=O)OC(C)C(=O)Nc1cc(C(F)(F)F)ccc1Cl. The number of alkyl halides is 3. The third-order valence-electron chi connectivity index (χ3n) is 5.59. The number of carbonyl (C=O) groups excluding carboxylic acids is 2. The highest BCUT2D eigenvalue weighted by atomic mass is 35.5. The van der Waals surface area contributed by atoms with Gasteiger partial charge in [-0.25, -0.2) is 9.78 Å². The van der Waals surface area contributed by atoms with E-state index < -0.39 is 29.7 Å². The van der Waals surface area contributed by atoms with Gasteiger partial charge in [0.25, 0.3) is 5.91 Å². The number of esters is 1. The number of pyridine rings is 1. The second kappa shape index (κ2) is 9.99. The van der Waals surface area contributed by atoms with Crippen molar-refractivity contribution < 1.29 is 27.5 Å². The lowest BCUT2D eigenvalue weighted by Crippen LogP contribution is -2.30. The van der Waals surface area contributed by atoms with Crippen LogP contribution in [0.3, 0.4) is 0 Å². The summed E-state index contributed by atoms with van der Waals surface area (Å²) in [4.78, 5) is 30.7. The van der Waals surface area contributed by atoms with Crippen LogP contribution in [0.4, 0.5) is 18.9 Å². The molecule has 1 atom stereocenters.